The molecular weight excluding hydrogens is 306 g/mol. The fourth-order valence-corrected chi connectivity index (χ4v) is 3.94. The maximum Gasteiger partial charge on any atom is 0.227 e. The second-order valence-corrected chi connectivity index (χ2v) is 7.47. The van der Waals surface area contributed by atoms with Gasteiger partial charge in [0.05, 0.1) is 25.2 Å². The number of rotatable bonds is 3. The molecule has 7 nitrogen and oxygen atoms in total. The third-order valence-corrected chi connectivity index (χ3v) is 5.34. The molecule has 2 heterocycles. The molecule has 24 heavy (non-hydrogen) atoms. The number of carbonyl (C=O) groups excluding carboxylic acids is 1. The van der Waals surface area contributed by atoms with E-state index in [1.54, 1.807) is 0 Å². The fourth-order valence-electron chi connectivity index (χ4n) is 3.94. The van der Waals surface area contributed by atoms with E-state index < -0.39 is 0 Å². The maximum atomic E-state index is 13.0. The number of ether oxygens (including phenoxy) is 1. The molecule has 1 aromatic rings. The third-order valence-electron chi connectivity index (χ3n) is 5.34. The van der Waals surface area contributed by atoms with Gasteiger partial charge in [0.2, 0.25) is 5.91 Å². The molecule has 1 aliphatic heterocycles. The van der Waals surface area contributed by atoms with Crippen molar-refractivity contribution in [2.75, 3.05) is 19.7 Å². The first-order chi connectivity index (χ1) is 11.4. The monoisotopic (exact) mass is 335 g/mol. The first kappa shape index (κ1) is 17.4. The van der Waals surface area contributed by atoms with Crippen molar-refractivity contribution in [1.29, 1.82) is 0 Å². The predicted octanol–water partition coefficient (Wildman–Crippen LogP) is 1.03. The molecule has 134 valence electrons. The van der Waals surface area contributed by atoms with Crippen LogP contribution in [0.1, 0.15) is 44.3 Å². The molecule has 1 saturated carbocycles. The molecule has 1 saturated heterocycles. The van der Waals surface area contributed by atoms with Crippen molar-refractivity contribution < 1.29 is 9.53 Å². The largest absolute Gasteiger partial charge is 0.373 e. The topological polar surface area (TPSA) is 86.3 Å². The van der Waals surface area contributed by atoms with Crippen molar-refractivity contribution in [3.8, 4) is 0 Å². The smallest absolute Gasteiger partial charge is 0.227 e. The van der Waals surface area contributed by atoms with Crippen molar-refractivity contribution in [2.24, 2.45) is 11.7 Å². The van der Waals surface area contributed by atoms with Crippen LogP contribution in [0, 0.1) is 19.8 Å². The molecule has 3 rings (SSSR count). The highest BCUT2D eigenvalue weighted by molar-refractivity contribution is 5.80. The van der Waals surface area contributed by atoms with E-state index in [0.29, 0.717) is 26.2 Å². The number of aryl methyl sites for hydroxylation is 2. The van der Waals surface area contributed by atoms with Crippen LogP contribution in [0.2, 0.25) is 0 Å². The van der Waals surface area contributed by atoms with Gasteiger partial charge in [-0.3, -0.25) is 4.79 Å². The minimum absolute atomic E-state index is 0.0462. The van der Waals surface area contributed by atoms with Gasteiger partial charge in [0.1, 0.15) is 11.6 Å². The average Bonchev–Trinajstić information content (AvgIpc) is 2.84. The van der Waals surface area contributed by atoms with Gasteiger partial charge in [-0.25, -0.2) is 9.67 Å². The first-order valence-electron chi connectivity index (χ1n) is 8.94. The summed E-state index contributed by atoms with van der Waals surface area (Å²) < 4.78 is 7.71. The molecule has 7 heteroatoms. The predicted molar refractivity (Wildman–Crippen MR) is 90.4 cm³/mol. The van der Waals surface area contributed by atoms with Crippen molar-refractivity contribution in [3.63, 3.8) is 0 Å². The van der Waals surface area contributed by atoms with Crippen LogP contribution in [0.25, 0.3) is 0 Å². The normalized spacial score (nSPS) is 31.2. The highest BCUT2D eigenvalue weighted by atomic mass is 16.5. The van der Waals surface area contributed by atoms with Crippen LogP contribution in [-0.2, 0) is 16.1 Å². The van der Waals surface area contributed by atoms with Crippen molar-refractivity contribution >= 4 is 5.91 Å². The minimum atomic E-state index is -0.386. The van der Waals surface area contributed by atoms with Gasteiger partial charge in [-0.15, -0.1) is 0 Å². The number of morpholine rings is 1. The SMILES string of the molecule is Cc1nc(C)n(CC2CN(C(=O)C3CCCCC3(C)N)CCO2)n1. The Balaban J connectivity index is 1.64. The van der Waals surface area contributed by atoms with E-state index in [0.717, 1.165) is 37.3 Å². The van der Waals surface area contributed by atoms with Gasteiger partial charge in [0.25, 0.3) is 0 Å². The van der Waals surface area contributed by atoms with Crippen LogP contribution in [0.5, 0.6) is 0 Å². The zero-order valence-electron chi connectivity index (χ0n) is 15.0. The van der Waals surface area contributed by atoms with Gasteiger partial charge in [-0.05, 0) is 33.6 Å². The summed E-state index contributed by atoms with van der Waals surface area (Å²) in [7, 11) is 0. The van der Waals surface area contributed by atoms with Gasteiger partial charge in [-0.1, -0.05) is 12.8 Å². The summed E-state index contributed by atoms with van der Waals surface area (Å²) in [4.78, 5) is 19.3. The molecule has 0 spiro atoms. The molecule has 2 aliphatic rings. The summed E-state index contributed by atoms with van der Waals surface area (Å²) in [5, 5.41) is 4.39. The summed E-state index contributed by atoms with van der Waals surface area (Å²) >= 11 is 0. The maximum absolute atomic E-state index is 13.0. The summed E-state index contributed by atoms with van der Waals surface area (Å²) in [6, 6.07) is 0. The molecule has 1 aromatic heterocycles. The van der Waals surface area contributed by atoms with Gasteiger partial charge < -0.3 is 15.4 Å². The van der Waals surface area contributed by atoms with Crippen molar-refractivity contribution in [2.45, 2.75) is 64.6 Å². The lowest BCUT2D eigenvalue weighted by Gasteiger charge is -2.42. The van der Waals surface area contributed by atoms with Gasteiger partial charge in [0.15, 0.2) is 0 Å². The Morgan fingerprint density at radius 1 is 1.42 bits per heavy atom. The molecule has 3 unspecified atom stereocenters. The second-order valence-electron chi connectivity index (χ2n) is 7.47. The Bertz CT molecular complexity index is 598. The second kappa shape index (κ2) is 6.80. The molecular formula is C17H29N5O2. The lowest BCUT2D eigenvalue weighted by molar-refractivity contribution is -0.147. The van der Waals surface area contributed by atoms with Crippen LogP contribution in [0.3, 0.4) is 0 Å². The molecule has 0 bridgehead atoms. The zero-order chi connectivity index (χ0) is 17.3. The summed E-state index contributed by atoms with van der Waals surface area (Å²) in [6.45, 7) is 8.28. The number of carbonyl (C=O) groups is 1. The first-order valence-corrected chi connectivity index (χ1v) is 8.94. The number of aromatic nitrogens is 3. The van der Waals surface area contributed by atoms with E-state index in [1.165, 1.54) is 0 Å². The van der Waals surface area contributed by atoms with E-state index in [2.05, 4.69) is 10.1 Å². The lowest BCUT2D eigenvalue weighted by Crippen LogP contribution is -2.56. The molecule has 2 N–H and O–H groups in total. The Kier molecular flexibility index (Phi) is 4.92. The Morgan fingerprint density at radius 3 is 2.88 bits per heavy atom. The molecule has 1 amide bonds. The Hall–Kier alpha value is -1.47. The summed E-state index contributed by atoms with van der Waals surface area (Å²) in [5.74, 6) is 1.76. The fraction of sp³-hybridized carbons (Fsp3) is 0.824. The van der Waals surface area contributed by atoms with E-state index in [1.807, 2.05) is 30.4 Å². The molecule has 1 aliphatic carbocycles. The van der Waals surface area contributed by atoms with E-state index in [9.17, 15) is 4.79 Å². The number of hydrogen-bond acceptors (Lipinski definition) is 5. The minimum Gasteiger partial charge on any atom is -0.373 e. The highest BCUT2D eigenvalue weighted by Crippen LogP contribution is 2.33. The van der Waals surface area contributed by atoms with Gasteiger partial charge >= 0.3 is 0 Å². The van der Waals surface area contributed by atoms with Gasteiger partial charge in [-0.2, -0.15) is 5.10 Å². The quantitative estimate of drug-likeness (QED) is 0.891. The van der Waals surface area contributed by atoms with Crippen LogP contribution >= 0.6 is 0 Å². The molecule has 0 aromatic carbocycles. The van der Waals surface area contributed by atoms with Crippen LogP contribution in [0.15, 0.2) is 0 Å². The van der Waals surface area contributed by atoms with E-state index >= 15 is 0 Å². The highest BCUT2D eigenvalue weighted by Gasteiger charge is 2.40. The van der Waals surface area contributed by atoms with Crippen molar-refractivity contribution in [3.05, 3.63) is 11.6 Å². The van der Waals surface area contributed by atoms with Crippen LogP contribution < -0.4 is 5.73 Å². The van der Waals surface area contributed by atoms with E-state index in [4.69, 9.17) is 10.5 Å². The average molecular weight is 335 g/mol. The number of nitrogens with two attached hydrogens (primary N) is 1. The van der Waals surface area contributed by atoms with Crippen LogP contribution in [-0.4, -0.2) is 56.9 Å². The van der Waals surface area contributed by atoms with E-state index in [-0.39, 0.29) is 23.5 Å². The summed E-state index contributed by atoms with van der Waals surface area (Å²) in [6.07, 6.45) is 3.99. The zero-order valence-corrected chi connectivity index (χ0v) is 15.0. The Labute approximate surface area is 143 Å². The van der Waals surface area contributed by atoms with Crippen LogP contribution in [0.4, 0.5) is 0 Å². The lowest BCUT2D eigenvalue weighted by atomic mass is 9.74. The standard InChI is InChI=1S/C17H29N5O2/c1-12-19-13(2)22(20-12)11-14-10-21(8-9-24-14)16(23)15-6-4-5-7-17(15,3)18/h14-15H,4-11,18H2,1-3H3. The van der Waals surface area contributed by atoms with Gasteiger partial charge in [0, 0.05) is 18.6 Å². The number of amides is 1. The summed E-state index contributed by atoms with van der Waals surface area (Å²) in [5.41, 5.74) is 6.02. The Morgan fingerprint density at radius 2 is 2.21 bits per heavy atom. The third kappa shape index (κ3) is 3.62. The number of nitrogens with zero attached hydrogens (tertiary/aromatic N) is 4. The molecule has 0 radical (unpaired) electrons. The van der Waals surface area contributed by atoms with Crippen molar-refractivity contribution in [1.82, 2.24) is 19.7 Å². The molecule has 2 fully saturated rings. The number of hydrogen-bond donors (Lipinski definition) is 1. The molecule has 3 atom stereocenters.